The molecule has 4 heterocycles. The highest BCUT2D eigenvalue weighted by molar-refractivity contribution is 8.00. The van der Waals surface area contributed by atoms with Crippen LogP contribution >= 0.6 is 34.7 Å². The monoisotopic (exact) mass is 528 g/mol. The third-order valence-corrected chi connectivity index (χ3v) is 8.64. The number of fused-ring (bicyclic) bond motifs is 1. The number of hydrogen-bond acceptors (Lipinski definition) is 5. The number of hydrogen-bond donors (Lipinski definition) is 0. The van der Waals surface area contributed by atoms with Gasteiger partial charge in [0.2, 0.25) is 11.8 Å². The topological polar surface area (TPSA) is 58.4 Å². The van der Waals surface area contributed by atoms with Crippen molar-refractivity contribution in [2.45, 2.75) is 44.3 Å². The minimum absolute atomic E-state index is 0.0125. The van der Waals surface area contributed by atoms with Crippen LogP contribution in [0.3, 0.4) is 0 Å². The normalized spacial score (nSPS) is 18.6. The minimum Gasteiger partial charge on any atom is -0.341 e. The Morgan fingerprint density at radius 3 is 2.63 bits per heavy atom. The summed E-state index contributed by atoms with van der Waals surface area (Å²) in [7, 11) is 0. The van der Waals surface area contributed by atoms with Crippen LogP contribution in [0.5, 0.6) is 0 Å². The van der Waals surface area contributed by atoms with Crippen molar-refractivity contribution in [3.63, 3.8) is 0 Å². The summed E-state index contributed by atoms with van der Waals surface area (Å²) in [6.07, 6.45) is 2.02. The number of halogens is 1. The van der Waals surface area contributed by atoms with Crippen molar-refractivity contribution < 1.29 is 9.59 Å². The zero-order valence-corrected chi connectivity index (χ0v) is 22.6. The summed E-state index contributed by atoms with van der Waals surface area (Å²) in [5.74, 6) is 0.875. The maximum atomic E-state index is 13.6. The first-order valence-electron chi connectivity index (χ1n) is 11.8. The van der Waals surface area contributed by atoms with Crippen molar-refractivity contribution in [1.29, 1.82) is 0 Å². The molecule has 1 saturated heterocycles. The highest BCUT2D eigenvalue weighted by Gasteiger charge is 2.40. The number of rotatable bonds is 4. The number of nitrogens with zero attached hydrogens (tertiary/aromatic N) is 4. The lowest BCUT2D eigenvalue weighted by molar-refractivity contribution is -0.130. The lowest BCUT2D eigenvalue weighted by Gasteiger charge is -2.26. The van der Waals surface area contributed by atoms with Gasteiger partial charge in [0.25, 0.3) is 0 Å². The predicted octanol–water partition coefficient (Wildman–Crippen LogP) is 5.68. The molecule has 1 fully saturated rings. The zero-order chi connectivity index (χ0) is 24.7. The summed E-state index contributed by atoms with van der Waals surface area (Å²) in [6.45, 7) is 7.93. The standard InChI is InChI=1S/C26H29ClN4O2S2/c1-26(2,3)24-22-23(17-9-12-34-15-17)35-16-21(33)30(14-20(32)29-10-4-5-11-29)25(22)31(28-24)19-8-6-7-18(27)13-19/h6-9,12-13,15,23H,4-5,10-11,14,16H2,1-3H3/t23-/m0/s1. The van der Waals surface area contributed by atoms with E-state index >= 15 is 0 Å². The molecule has 2 amide bonds. The van der Waals surface area contributed by atoms with Gasteiger partial charge in [0.05, 0.1) is 22.4 Å². The van der Waals surface area contributed by atoms with Crippen LogP contribution in [0.1, 0.15) is 55.7 Å². The Bertz CT molecular complexity index is 1240. The molecule has 2 aliphatic heterocycles. The van der Waals surface area contributed by atoms with Crippen molar-refractivity contribution in [2.24, 2.45) is 0 Å². The molecule has 1 aromatic carbocycles. The molecule has 3 aromatic rings. The average molecular weight is 529 g/mol. The summed E-state index contributed by atoms with van der Waals surface area (Å²) in [4.78, 5) is 30.4. The molecular formula is C26H29ClN4O2S2. The van der Waals surface area contributed by atoms with Crippen LogP contribution in [0.25, 0.3) is 5.69 Å². The number of amides is 2. The quantitative estimate of drug-likeness (QED) is 0.437. The Labute approximate surface area is 219 Å². The second-order valence-corrected chi connectivity index (χ2v) is 12.4. The van der Waals surface area contributed by atoms with Gasteiger partial charge in [-0.05, 0) is 53.4 Å². The molecule has 184 valence electrons. The Morgan fingerprint density at radius 2 is 1.97 bits per heavy atom. The summed E-state index contributed by atoms with van der Waals surface area (Å²) in [5.41, 5.74) is 3.57. The largest absolute Gasteiger partial charge is 0.341 e. The van der Waals surface area contributed by atoms with Crippen molar-refractivity contribution >= 4 is 52.3 Å². The molecule has 5 rings (SSSR count). The van der Waals surface area contributed by atoms with Crippen molar-refractivity contribution in [3.05, 3.63) is 62.9 Å². The lowest BCUT2D eigenvalue weighted by atomic mass is 9.87. The fourth-order valence-electron chi connectivity index (χ4n) is 4.75. The number of carbonyl (C=O) groups is 2. The molecule has 0 unspecified atom stereocenters. The zero-order valence-electron chi connectivity index (χ0n) is 20.2. The molecule has 9 heteroatoms. The smallest absolute Gasteiger partial charge is 0.242 e. The number of likely N-dealkylation sites (tertiary alicyclic amines) is 1. The Hall–Kier alpha value is -2.29. The Kier molecular flexibility index (Phi) is 6.72. The summed E-state index contributed by atoms with van der Waals surface area (Å²) < 4.78 is 1.82. The van der Waals surface area contributed by atoms with Gasteiger partial charge in [0.1, 0.15) is 12.4 Å². The number of carbonyl (C=O) groups excluding carboxylic acids is 2. The third-order valence-electron chi connectivity index (χ3n) is 6.45. The number of anilines is 1. The molecule has 0 radical (unpaired) electrons. The van der Waals surface area contributed by atoms with E-state index in [0.29, 0.717) is 16.6 Å². The minimum atomic E-state index is -0.277. The van der Waals surface area contributed by atoms with Crippen molar-refractivity contribution in [3.8, 4) is 5.69 Å². The number of aromatic nitrogens is 2. The maximum Gasteiger partial charge on any atom is 0.242 e. The van der Waals surface area contributed by atoms with Crippen LogP contribution in [0.4, 0.5) is 5.82 Å². The van der Waals surface area contributed by atoms with Gasteiger partial charge in [0.15, 0.2) is 0 Å². The van der Waals surface area contributed by atoms with Gasteiger partial charge in [-0.1, -0.05) is 38.4 Å². The molecule has 6 nitrogen and oxygen atoms in total. The van der Waals surface area contributed by atoms with E-state index in [0.717, 1.165) is 48.4 Å². The van der Waals surface area contributed by atoms with Gasteiger partial charge in [-0.2, -0.15) is 16.4 Å². The van der Waals surface area contributed by atoms with Crippen LogP contribution in [0, 0.1) is 0 Å². The molecule has 0 bridgehead atoms. The first-order valence-corrected chi connectivity index (χ1v) is 14.2. The summed E-state index contributed by atoms with van der Waals surface area (Å²) in [6, 6.07) is 9.61. The van der Waals surface area contributed by atoms with E-state index in [2.05, 4.69) is 37.6 Å². The highest BCUT2D eigenvalue weighted by Crippen LogP contribution is 2.48. The number of thiophene rings is 1. The number of thioether (sulfide) groups is 1. The molecule has 2 aromatic heterocycles. The van der Waals surface area contributed by atoms with E-state index < -0.39 is 0 Å². The van der Waals surface area contributed by atoms with Crippen LogP contribution in [-0.4, -0.2) is 51.9 Å². The van der Waals surface area contributed by atoms with Crippen molar-refractivity contribution in [2.75, 3.05) is 30.3 Å². The number of benzene rings is 1. The molecule has 0 N–H and O–H groups in total. The van der Waals surface area contributed by atoms with Gasteiger partial charge < -0.3 is 4.90 Å². The van der Waals surface area contributed by atoms with Gasteiger partial charge in [-0.3, -0.25) is 14.5 Å². The van der Waals surface area contributed by atoms with Crippen molar-refractivity contribution in [1.82, 2.24) is 14.7 Å². The highest BCUT2D eigenvalue weighted by atomic mass is 35.5. The van der Waals surface area contributed by atoms with Gasteiger partial charge >= 0.3 is 0 Å². The summed E-state index contributed by atoms with van der Waals surface area (Å²) >= 11 is 9.62. The molecule has 35 heavy (non-hydrogen) atoms. The lowest BCUT2D eigenvalue weighted by Crippen LogP contribution is -2.43. The molecule has 0 spiro atoms. The molecule has 1 atom stereocenters. The van der Waals surface area contributed by atoms with E-state index in [4.69, 9.17) is 16.7 Å². The van der Waals surface area contributed by atoms with Gasteiger partial charge in [-0.15, -0.1) is 11.8 Å². The van der Waals surface area contributed by atoms with Crippen LogP contribution in [-0.2, 0) is 15.0 Å². The first-order chi connectivity index (χ1) is 16.7. The first kappa shape index (κ1) is 24.4. The van der Waals surface area contributed by atoms with E-state index in [1.807, 2.05) is 33.8 Å². The summed E-state index contributed by atoms with van der Waals surface area (Å²) in [5, 5.41) is 9.83. The van der Waals surface area contributed by atoms with E-state index in [1.54, 1.807) is 28.0 Å². The second-order valence-electron chi connectivity index (χ2n) is 10.0. The fourth-order valence-corrected chi connectivity index (χ4v) is 6.89. The maximum absolute atomic E-state index is 13.6. The SMILES string of the molecule is CC(C)(C)c1nn(-c2cccc(Cl)c2)c2c1[C@H](c1ccsc1)SCC(=O)N2CC(=O)N1CCCC1. The van der Waals surface area contributed by atoms with E-state index in [9.17, 15) is 9.59 Å². The molecule has 0 aliphatic carbocycles. The molecule has 0 saturated carbocycles. The fraction of sp³-hybridized carbons (Fsp3) is 0.423. The Balaban J connectivity index is 1.74. The van der Waals surface area contributed by atoms with Crippen LogP contribution in [0.15, 0.2) is 41.1 Å². The van der Waals surface area contributed by atoms with Crippen LogP contribution in [0.2, 0.25) is 5.02 Å². The third kappa shape index (κ3) is 4.76. The van der Waals surface area contributed by atoms with Gasteiger partial charge in [-0.25, -0.2) is 4.68 Å². The second kappa shape index (κ2) is 9.64. The molecule has 2 aliphatic rings. The van der Waals surface area contributed by atoms with Gasteiger partial charge in [0, 0.05) is 29.1 Å². The van der Waals surface area contributed by atoms with Crippen LogP contribution < -0.4 is 4.90 Å². The van der Waals surface area contributed by atoms with E-state index in [-0.39, 0.29) is 29.0 Å². The Morgan fingerprint density at radius 1 is 1.20 bits per heavy atom. The predicted molar refractivity (Wildman–Crippen MR) is 144 cm³/mol. The molecular weight excluding hydrogens is 500 g/mol. The average Bonchev–Trinajstić information content (AvgIpc) is 3.57. The van der Waals surface area contributed by atoms with E-state index in [1.165, 1.54) is 0 Å².